The van der Waals surface area contributed by atoms with E-state index in [0.29, 0.717) is 18.3 Å². The SMILES string of the molecule is CC(N)CCC(=O)N1CC(C)CC(C)C1.Cl. The molecule has 3 unspecified atom stereocenters. The Balaban J connectivity index is 0.00000225. The van der Waals surface area contributed by atoms with Crippen LogP contribution in [-0.2, 0) is 4.79 Å². The highest BCUT2D eigenvalue weighted by atomic mass is 35.5. The highest BCUT2D eigenvalue weighted by Crippen LogP contribution is 2.21. The second kappa shape index (κ2) is 7.13. The average Bonchev–Trinajstić information content (AvgIpc) is 2.12. The van der Waals surface area contributed by atoms with Crippen LogP contribution in [0, 0.1) is 11.8 Å². The van der Waals surface area contributed by atoms with E-state index in [1.165, 1.54) is 6.42 Å². The lowest BCUT2D eigenvalue weighted by atomic mass is 9.91. The molecule has 1 heterocycles. The third-order valence-electron chi connectivity index (χ3n) is 3.04. The van der Waals surface area contributed by atoms with Crippen LogP contribution in [0.2, 0.25) is 0 Å². The Morgan fingerprint density at radius 2 is 1.88 bits per heavy atom. The van der Waals surface area contributed by atoms with E-state index in [2.05, 4.69) is 13.8 Å². The van der Waals surface area contributed by atoms with E-state index in [1.807, 2.05) is 11.8 Å². The summed E-state index contributed by atoms with van der Waals surface area (Å²) in [6, 6.07) is 0.133. The van der Waals surface area contributed by atoms with E-state index >= 15 is 0 Å². The van der Waals surface area contributed by atoms with Crippen LogP contribution < -0.4 is 5.73 Å². The van der Waals surface area contributed by atoms with Crippen molar-refractivity contribution in [3.05, 3.63) is 0 Å². The van der Waals surface area contributed by atoms with Gasteiger partial charge in [0.1, 0.15) is 0 Å². The van der Waals surface area contributed by atoms with Gasteiger partial charge >= 0.3 is 0 Å². The molecule has 0 radical (unpaired) electrons. The van der Waals surface area contributed by atoms with Crippen LogP contribution in [0.1, 0.15) is 40.0 Å². The Bertz CT molecular complexity index is 211. The molecule has 0 aromatic heterocycles. The molecule has 0 bridgehead atoms. The van der Waals surface area contributed by atoms with Crippen molar-refractivity contribution in [2.75, 3.05) is 13.1 Å². The normalized spacial score (nSPS) is 27.1. The molecule has 3 nitrogen and oxygen atoms in total. The number of carbonyl (C=O) groups excluding carboxylic acids is 1. The molecule has 1 amide bonds. The summed E-state index contributed by atoms with van der Waals surface area (Å²) in [5.74, 6) is 1.58. The van der Waals surface area contributed by atoms with Crippen molar-refractivity contribution >= 4 is 18.3 Å². The van der Waals surface area contributed by atoms with Gasteiger partial charge in [-0.05, 0) is 31.6 Å². The van der Waals surface area contributed by atoms with E-state index in [0.717, 1.165) is 19.5 Å². The molecule has 16 heavy (non-hydrogen) atoms. The van der Waals surface area contributed by atoms with Gasteiger partial charge in [0.2, 0.25) is 5.91 Å². The van der Waals surface area contributed by atoms with Crippen LogP contribution >= 0.6 is 12.4 Å². The number of nitrogens with two attached hydrogens (primary N) is 1. The average molecular weight is 249 g/mol. The van der Waals surface area contributed by atoms with Crippen LogP contribution in [0.15, 0.2) is 0 Å². The largest absolute Gasteiger partial charge is 0.342 e. The van der Waals surface area contributed by atoms with Gasteiger partial charge in [0.05, 0.1) is 0 Å². The van der Waals surface area contributed by atoms with Gasteiger partial charge in [-0.3, -0.25) is 4.79 Å². The summed E-state index contributed by atoms with van der Waals surface area (Å²) in [5.41, 5.74) is 5.65. The van der Waals surface area contributed by atoms with Gasteiger partial charge in [-0.25, -0.2) is 0 Å². The van der Waals surface area contributed by atoms with Crippen LogP contribution in [-0.4, -0.2) is 29.9 Å². The maximum atomic E-state index is 11.9. The second-order valence-corrected chi connectivity index (χ2v) is 5.26. The van der Waals surface area contributed by atoms with Crippen molar-refractivity contribution in [2.24, 2.45) is 17.6 Å². The number of hydrogen-bond donors (Lipinski definition) is 1. The highest BCUT2D eigenvalue weighted by Gasteiger charge is 2.24. The molecular formula is C12H25ClN2O. The number of carbonyl (C=O) groups is 1. The fraction of sp³-hybridized carbons (Fsp3) is 0.917. The summed E-state index contributed by atoms with van der Waals surface area (Å²) in [7, 11) is 0. The Hall–Kier alpha value is -0.280. The van der Waals surface area contributed by atoms with Crippen molar-refractivity contribution in [1.82, 2.24) is 4.90 Å². The third-order valence-corrected chi connectivity index (χ3v) is 3.04. The Morgan fingerprint density at radius 3 is 2.31 bits per heavy atom. The first-order chi connectivity index (χ1) is 6.99. The summed E-state index contributed by atoms with van der Waals surface area (Å²) in [6.45, 7) is 8.27. The number of nitrogens with zero attached hydrogens (tertiary/aromatic N) is 1. The number of likely N-dealkylation sites (tertiary alicyclic amines) is 1. The van der Waals surface area contributed by atoms with Crippen LogP contribution in [0.4, 0.5) is 0 Å². The predicted octanol–water partition coefficient (Wildman–Crippen LogP) is 2.04. The zero-order valence-electron chi connectivity index (χ0n) is 10.6. The van der Waals surface area contributed by atoms with Gasteiger partial charge in [0.15, 0.2) is 0 Å². The van der Waals surface area contributed by atoms with Crippen LogP contribution in [0.3, 0.4) is 0 Å². The van der Waals surface area contributed by atoms with Crippen molar-refractivity contribution in [1.29, 1.82) is 0 Å². The number of hydrogen-bond acceptors (Lipinski definition) is 2. The van der Waals surface area contributed by atoms with Gasteiger partial charge in [0.25, 0.3) is 0 Å². The molecule has 1 saturated heterocycles. The van der Waals surface area contributed by atoms with Gasteiger partial charge in [-0.2, -0.15) is 0 Å². The Labute approximate surface area is 105 Å². The van der Waals surface area contributed by atoms with E-state index in [4.69, 9.17) is 5.73 Å². The number of amides is 1. The first kappa shape index (κ1) is 15.7. The monoisotopic (exact) mass is 248 g/mol. The van der Waals surface area contributed by atoms with E-state index in [9.17, 15) is 4.79 Å². The van der Waals surface area contributed by atoms with E-state index in [1.54, 1.807) is 0 Å². The number of piperidine rings is 1. The minimum atomic E-state index is 0. The van der Waals surface area contributed by atoms with Crippen molar-refractivity contribution in [3.63, 3.8) is 0 Å². The fourth-order valence-corrected chi connectivity index (χ4v) is 2.38. The Morgan fingerprint density at radius 1 is 1.38 bits per heavy atom. The maximum Gasteiger partial charge on any atom is 0.222 e. The molecule has 0 aromatic rings. The highest BCUT2D eigenvalue weighted by molar-refractivity contribution is 5.85. The van der Waals surface area contributed by atoms with E-state index in [-0.39, 0.29) is 24.4 Å². The zero-order valence-corrected chi connectivity index (χ0v) is 11.4. The summed E-state index contributed by atoms with van der Waals surface area (Å²) < 4.78 is 0. The van der Waals surface area contributed by atoms with Gasteiger partial charge in [-0.1, -0.05) is 13.8 Å². The first-order valence-corrected chi connectivity index (χ1v) is 6.02. The quantitative estimate of drug-likeness (QED) is 0.831. The van der Waals surface area contributed by atoms with E-state index < -0.39 is 0 Å². The summed E-state index contributed by atoms with van der Waals surface area (Å²) >= 11 is 0. The zero-order chi connectivity index (χ0) is 11.4. The summed E-state index contributed by atoms with van der Waals surface area (Å²) in [6.07, 6.45) is 2.66. The van der Waals surface area contributed by atoms with Crippen molar-refractivity contribution < 1.29 is 4.79 Å². The molecule has 0 aliphatic carbocycles. The molecule has 1 aliphatic heterocycles. The maximum absolute atomic E-state index is 11.9. The molecule has 4 heteroatoms. The summed E-state index contributed by atoms with van der Waals surface area (Å²) in [4.78, 5) is 13.9. The molecule has 0 aromatic carbocycles. The lowest BCUT2D eigenvalue weighted by molar-refractivity contribution is -0.134. The van der Waals surface area contributed by atoms with Crippen LogP contribution in [0.5, 0.6) is 0 Å². The number of rotatable bonds is 3. The van der Waals surface area contributed by atoms with Gasteiger partial charge in [-0.15, -0.1) is 12.4 Å². The molecule has 1 aliphatic rings. The third kappa shape index (κ3) is 5.17. The summed E-state index contributed by atoms with van der Waals surface area (Å²) in [5, 5.41) is 0. The standard InChI is InChI=1S/C12H24N2O.ClH/c1-9-6-10(2)8-14(7-9)12(15)5-4-11(3)13;/h9-11H,4-8,13H2,1-3H3;1H. The second-order valence-electron chi connectivity index (χ2n) is 5.26. The fourth-order valence-electron chi connectivity index (χ4n) is 2.38. The predicted molar refractivity (Wildman–Crippen MR) is 69.7 cm³/mol. The first-order valence-electron chi connectivity index (χ1n) is 6.02. The van der Waals surface area contributed by atoms with Crippen molar-refractivity contribution in [3.8, 4) is 0 Å². The molecule has 1 rings (SSSR count). The molecule has 1 fully saturated rings. The number of halogens is 1. The lowest BCUT2D eigenvalue weighted by Crippen LogP contribution is -2.42. The smallest absolute Gasteiger partial charge is 0.222 e. The van der Waals surface area contributed by atoms with Crippen LogP contribution in [0.25, 0.3) is 0 Å². The Kier molecular flexibility index (Phi) is 7.00. The molecular weight excluding hydrogens is 224 g/mol. The van der Waals surface area contributed by atoms with Gasteiger partial charge in [0, 0.05) is 25.6 Å². The molecule has 0 spiro atoms. The minimum absolute atomic E-state index is 0. The molecule has 0 saturated carbocycles. The molecule has 2 N–H and O–H groups in total. The molecule has 96 valence electrons. The minimum Gasteiger partial charge on any atom is -0.342 e. The topological polar surface area (TPSA) is 46.3 Å². The molecule has 3 atom stereocenters. The van der Waals surface area contributed by atoms with Crippen molar-refractivity contribution in [2.45, 2.75) is 46.1 Å². The lowest BCUT2D eigenvalue weighted by Gasteiger charge is -2.35. The van der Waals surface area contributed by atoms with Gasteiger partial charge < -0.3 is 10.6 Å².